The molecule has 4 rings (SSSR count). The summed E-state index contributed by atoms with van der Waals surface area (Å²) in [5, 5.41) is 2.98. The van der Waals surface area contributed by atoms with Gasteiger partial charge < -0.3 is 15.0 Å². The number of carbonyl (C=O) groups excluding carboxylic acids is 2. The van der Waals surface area contributed by atoms with Gasteiger partial charge in [-0.2, -0.15) is 4.31 Å². The number of piperidine rings is 1. The maximum atomic E-state index is 13.0. The van der Waals surface area contributed by atoms with Crippen molar-refractivity contribution in [1.82, 2.24) is 14.5 Å². The number of nitrogens with zero attached hydrogens (tertiary/aromatic N) is 3. The zero-order valence-corrected chi connectivity index (χ0v) is 20.1. The first-order valence-corrected chi connectivity index (χ1v) is 13.3. The molecule has 2 amide bonds. The summed E-state index contributed by atoms with van der Waals surface area (Å²) in [6.07, 6.45) is 4.95. The Morgan fingerprint density at radius 2 is 1.82 bits per heavy atom. The topological polar surface area (TPSA) is 99.3 Å². The molecule has 3 heterocycles. The molecule has 0 radical (unpaired) electrons. The van der Waals surface area contributed by atoms with Crippen molar-refractivity contribution in [3.05, 3.63) is 23.8 Å². The number of rotatable bonds is 7. The van der Waals surface area contributed by atoms with E-state index in [2.05, 4.69) is 10.2 Å². The highest BCUT2D eigenvalue weighted by Crippen LogP contribution is 2.35. The summed E-state index contributed by atoms with van der Waals surface area (Å²) in [4.78, 5) is 29.4. The van der Waals surface area contributed by atoms with Crippen molar-refractivity contribution < 1.29 is 22.7 Å². The number of sulfonamides is 1. The number of nitrogens with one attached hydrogen (secondary N) is 1. The quantitative estimate of drug-likeness (QED) is 0.587. The lowest BCUT2D eigenvalue weighted by atomic mass is 10.1. The number of likely N-dealkylation sites (tertiary alicyclic amines) is 1. The maximum Gasteiger partial charge on any atom is 0.243 e. The Balaban J connectivity index is 1.41. The molecule has 1 atom stereocenters. The van der Waals surface area contributed by atoms with Gasteiger partial charge in [0.2, 0.25) is 21.8 Å². The SMILES string of the molecule is CC(=O)N1c2ccc(S(=O)(=O)N3CCOCC3)cc2C[C@H]1C(=O)NCCCN1CCCCC1. The van der Waals surface area contributed by atoms with Gasteiger partial charge in [0.05, 0.1) is 18.1 Å². The average molecular weight is 479 g/mol. The van der Waals surface area contributed by atoms with Crippen LogP contribution in [0.1, 0.15) is 38.2 Å². The highest BCUT2D eigenvalue weighted by atomic mass is 32.2. The smallest absolute Gasteiger partial charge is 0.243 e. The van der Waals surface area contributed by atoms with Crippen molar-refractivity contribution in [3.8, 4) is 0 Å². The van der Waals surface area contributed by atoms with Crippen molar-refractivity contribution in [2.24, 2.45) is 0 Å². The van der Waals surface area contributed by atoms with Crippen LogP contribution >= 0.6 is 0 Å². The molecule has 1 aromatic rings. The molecule has 3 aliphatic rings. The number of amides is 2. The number of fused-ring (bicyclic) bond motifs is 1. The van der Waals surface area contributed by atoms with Crippen LogP contribution in [0.4, 0.5) is 5.69 Å². The highest BCUT2D eigenvalue weighted by molar-refractivity contribution is 7.89. The lowest BCUT2D eigenvalue weighted by molar-refractivity contribution is -0.125. The molecule has 0 saturated carbocycles. The molecule has 0 aliphatic carbocycles. The van der Waals surface area contributed by atoms with E-state index in [1.54, 1.807) is 12.1 Å². The third kappa shape index (κ3) is 5.40. The Morgan fingerprint density at radius 1 is 1.09 bits per heavy atom. The lowest BCUT2D eigenvalue weighted by Gasteiger charge is -2.27. The molecule has 33 heavy (non-hydrogen) atoms. The Kier molecular flexibility index (Phi) is 7.68. The molecular formula is C23H34N4O5S. The van der Waals surface area contributed by atoms with E-state index in [0.717, 1.165) is 26.1 Å². The van der Waals surface area contributed by atoms with E-state index in [9.17, 15) is 18.0 Å². The Bertz CT molecular complexity index is 971. The Labute approximate surface area is 196 Å². The maximum absolute atomic E-state index is 13.0. The first kappa shape index (κ1) is 24.1. The normalized spacial score (nSPS) is 22.2. The summed E-state index contributed by atoms with van der Waals surface area (Å²) in [7, 11) is -3.64. The number of carbonyl (C=O) groups is 2. The van der Waals surface area contributed by atoms with Crippen molar-refractivity contribution in [2.45, 2.75) is 50.0 Å². The van der Waals surface area contributed by atoms with E-state index >= 15 is 0 Å². The third-order valence-corrected chi connectivity index (χ3v) is 8.58. The molecule has 9 nitrogen and oxygen atoms in total. The Morgan fingerprint density at radius 3 is 2.52 bits per heavy atom. The van der Waals surface area contributed by atoms with Gasteiger partial charge in [-0.1, -0.05) is 6.42 Å². The van der Waals surface area contributed by atoms with E-state index in [4.69, 9.17) is 4.74 Å². The minimum atomic E-state index is -3.64. The minimum absolute atomic E-state index is 0.189. The number of anilines is 1. The van der Waals surface area contributed by atoms with Gasteiger partial charge in [0.25, 0.3) is 0 Å². The molecule has 0 aromatic heterocycles. The van der Waals surface area contributed by atoms with Crippen LogP contribution in [0.5, 0.6) is 0 Å². The third-order valence-electron chi connectivity index (χ3n) is 6.68. The fraction of sp³-hybridized carbons (Fsp3) is 0.652. The minimum Gasteiger partial charge on any atom is -0.379 e. The first-order valence-electron chi connectivity index (χ1n) is 11.9. The van der Waals surface area contributed by atoms with Crippen LogP contribution in [0.3, 0.4) is 0 Å². The molecule has 182 valence electrons. The van der Waals surface area contributed by atoms with Crippen molar-refractivity contribution in [1.29, 1.82) is 0 Å². The summed E-state index contributed by atoms with van der Waals surface area (Å²) in [5.41, 5.74) is 1.31. The fourth-order valence-electron chi connectivity index (χ4n) is 4.94. The molecule has 2 saturated heterocycles. The highest BCUT2D eigenvalue weighted by Gasteiger charge is 2.38. The molecule has 1 N–H and O–H groups in total. The average Bonchev–Trinajstić information content (AvgIpc) is 3.22. The van der Waals surface area contributed by atoms with Gasteiger partial charge in [-0.05, 0) is 62.7 Å². The number of hydrogen-bond acceptors (Lipinski definition) is 6. The van der Waals surface area contributed by atoms with Gasteiger partial charge in [0.15, 0.2) is 0 Å². The number of morpholine rings is 1. The standard InChI is InChI=1S/C23H34N4O5S/c1-18(28)27-21-7-6-20(33(30,31)26-12-14-32-15-13-26)16-19(21)17-22(27)23(29)24-8-5-11-25-9-3-2-4-10-25/h6-7,16,22H,2-5,8-15,17H2,1H3,(H,24,29)/t22-/m0/s1. The summed E-state index contributed by atoms with van der Waals surface area (Å²) in [6.45, 7) is 6.60. The Hall–Kier alpha value is -2.01. The molecular weight excluding hydrogens is 444 g/mol. The largest absolute Gasteiger partial charge is 0.379 e. The summed E-state index contributed by atoms with van der Waals surface area (Å²) in [6, 6.07) is 4.13. The molecule has 0 unspecified atom stereocenters. The predicted octanol–water partition coefficient (Wildman–Crippen LogP) is 0.977. The molecule has 1 aromatic carbocycles. The zero-order chi connectivity index (χ0) is 23.4. The second-order valence-corrected chi connectivity index (χ2v) is 10.9. The van der Waals surface area contributed by atoms with Gasteiger partial charge in [-0.15, -0.1) is 0 Å². The van der Waals surface area contributed by atoms with Gasteiger partial charge in [-0.3, -0.25) is 14.5 Å². The molecule has 0 bridgehead atoms. The van der Waals surface area contributed by atoms with Crippen LogP contribution in [-0.4, -0.2) is 88.0 Å². The van der Waals surface area contributed by atoms with Crippen LogP contribution in [0, 0.1) is 0 Å². The van der Waals surface area contributed by atoms with Crippen LogP contribution in [0.25, 0.3) is 0 Å². The number of benzene rings is 1. The van der Waals surface area contributed by atoms with E-state index in [0.29, 0.717) is 50.5 Å². The fourth-order valence-corrected chi connectivity index (χ4v) is 6.40. The van der Waals surface area contributed by atoms with E-state index in [-0.39, 0.29) is 16.7 Å². The second-order valence-electron chi connectivity index (χ2n) is 8.96. The van der Waals surface area contributed by atoms with Gasteiger partial charge in [-0.25, -0.2) is 8.42 Å². The van der Waals surface area contributed by atoms with E-state index < -0.39 is 16.1 Å². The monoisotopic (exact) mass is 478 g/mol. The molecule has 10 heteroatoms. The van der Waals surface area contributed by atoms with Gasteiger partial charge in [0, 0.05) is 38.7 Å². The summed E-state index contributed by atoms with van der Waals surface area (Å²) < 4.78 is 32.7. The number of ether oxygens (including phenoxy) is 1. The number of hydrogen-bond donors (Lipinski definition) is 1. The molecule has 3 aliphatic heterocycles. The van der Waals surface area contributed by atoms with Crippen molar-refractivity contribution in [2.75, 3.05) is 57.4 Å². The van der Waals surface area contributed by atoms with Crippen LogP contribution in [0.15, 0.2) is 23.1 Å². The van der Waals surface area contributed by atoms with Crippen molar-refractivity contribution >= 4 is 27.5 Å². The van der Waals surface area contributed by atoms with Crippen LogP contribution in [0.2, 0.25) is 0 Å². The zero-order valence-electron chi connectivity index (χ0n) is 19.3. The van der Waals surface area contributed by atoms with Crippen LogP contribution < -0.4 is 10.2 Å². The van der Waals surface area contributed by atoms with E-state index in [1.807, 2.05) is 0 Å². The van der Waals surface area contributed by atoms with Gasteiger partial charge >= 0.3 is 0 Å². The second kappa shape index (κ2) is 10.5. The lowest BCUT2D eigenvalue weighted by Crippen LogP contribution is -2.47. The predicted molar refractivity (Wildman–Crippen MR) is 125 cm³/mol. The van der Waals surface area contributed by atoms with E-state index in [1.165, 1.54) is 41.5 Å². The first-order chi connectivity index (χ1) is 15.9. The summed E-state index contributed by atoms with van der Waals surface area (Å²) >= 11 is 0. The van der Waals surface area contributed by atoms with Crippen molar-refractivity contribution in [3.63, 3.8) is 0 Å². The summed E-state index contributed by atoms with van der Waals surface area (Å²) in [5.74, 6) is -0.427. The van der Waals surface area contributed by atoms with Crippen LogP contribution in [-0.2, 0) is 30.8 Å². The molecule has 2 fully saturated rings. The molecule has 0 spiro atoms. The van der Waals surface area contributed by atoms with Gasteiger partial charge in [0.1, 0.15) is 6.04 Å².